The smallest absolute Gasteiger partial charge is 0.0770 e. The fraction of sp³-hybridized carbons (Fsp3) is 0.889. The maximum absolute atomic E-state index is 9.13. The molecule has 66 valence electrons. The van der Waals surface area contributed by atoms with Crippen molar-refractivity contribution in [3.8, 4) is 6.07 Å². The van der Waals surface area contributed by atoms with Gasteiger partial charge in [0.15, 0.2) is 0 Å². The Morgan fingerprint density at radius 1 is 1.50 bits per heavy atom. The van der Waals surface area contributed by atoms with Gasteiger partial charge in [0.25, 0.3) is 0 Å². The molecular formula is C9H14N2O. The predicted molar refractivity (Wildman–Crippen MR) is 44.5 cm³/mol. The molecule has 0 bridgehead atoms. The first-order valence-electron chi connectivity index (χ1n) is 4.57. The molecule has 0 aromatic rings. The van der Waals surface area contributed by atoms with Crippen molar-refractivity contribution >= 4 is 0 Å². The summed E-state index contributed by atoms with van der Waals surface area (Å²) in [6.45, 7) is 3.50. The van der Waals surface area contributed by atoms with Gasteiger partial charge in [0.2, 0.25) is 0 Å². The highest BCUT2D eigenvalue weighted by Gasteiger charge is 2.43. The molecule has 2 fully saturated rings. The first kappa shape index (κ1) is 8.03. The number of nitriles is 1. The molecule has 1 unspecified atom stereocenters. The fourth-order valence-corrected chi connectivity index (χ4v) is 2.02. The van der Waals surface area contributed by atoms with E-state index >= 15 is 0 Å². The van der Waals surface area contributed by atoms with Crippen molar-refractivity contribution in [2.24, 2.45) is 11.3 Å². The van der Waals surface area contributed by atoms with Gasteiger partial charge in [-0.25, -0.2) is 0 Å². The second-order valence-electron chi connectivity index (χ2n) is 3.78. The molecule has 0 spiro atoms. The van der Waals surface area contributed by atoms with Gasteiger partial charge in [-0.15, -0.1) is 0 Å². The largest absolute Gasteiger partial charge is 0.381 e. The molecule has 0 radical (unpaired) electrons. The lowest BCUT2D eigenvalue weighted by Crippen LogP contribution is -2.50. The second-order valence-corrected chi connectivity index (χ2v) is 3.78. The van der Waals surface area contributed by atoms with E-state index in [1.165, 1.54) is 0 Å². The zero-order valence-corrected chi connectivity index (χ0v) is 7.18. The van der Waals surface area contributed by atoms with Crippen molar-refractivity contribution in [3.63, 3.8) is 0 Å². The highest BCUT2D eigenvalue weighted by atomic mass is 16.5. The normalized spacial score (nSPS) is 36.9. The van der Waals surface area contributed by atoms with Gasteiger partial charge in [0.05, 0.1) is 24.7 Å². The topological polar surface area (TPSA) is 45.0 Å². The van der Waals surface area contributed by atoms with Crippen LogP contribution in [0, 0.1) is 22.7 Å². The predicted octanol–water partition coefficient (Wildman–Crippen LogP) is 0.526. The van der Waals surface area contributed by atoms with Gasteiger partial charge < -0.3 is 10.1 Å². The molecule has 2 heterocycles. The minimum Gasteiger partial charge on any atom is -0.381 e. The Hall–Kier alpha value is -0.590. The van der Waals surface area contributed by atoms with Gasteiger partial charge in [-0.3, -0.25) is 0 Å². The van der Waals surface area contributed by atoms with Crippen LogP contribution in [-0.4, -0.2) is 26.3 Å². The summed E-state index contributed by atoms with van der Waals surface area (Å²) in [7, 11) is 0. The van der Waals surface area contributed by atoms with Crippen LogP contribution in [0.4, 0.5) is 0 Å². The summed E-state index contributed by atoms with van der Waals surface area (Å²) >= 11 is 0. The van der Waals surface area contributed by atoms with Crippen LogP contribution in [0.5, 0.6) is 0 Å². The molecule has 3 nitrogen and oxygen atoms in total. The molecule has 0 saturated carbocycles. The summed E-state index contributed by atoms with van der Waals surface area (Å²) in [5.41, 5.74) is -0.115. The molecule has 0 aromatic carbocycles. The zero-order chi connectivity index (χ0) is 8.44. The van der Waals surface area contributed by atoms with E-state index in [2.05, 4.69) is 11.4 Å². The minimum absolute atomic E-state index is 0.115. The summed E-state index contributed by atoms with van der Waals surface area (Å²) < 4.78 is 5.14. The monoisotopic (exact) mass is 166 g/mol. The highest BCUT2D eigenvalue weighted by molar-refractivity contribution is 5.07. The quantitative estimate of drug-likeness (QED) is 0.618. The van der Waals surface area contributed by atoms with Gasteiger partial charge in [0, 0.05) is 12.5 Å². The molecule has 12 heavy (non-hydrogen) atoms. The average Bonchev–Trinajstić information content (AvgIpc) is 2.03. The van der Waals surface area contributed by atoms with Gasteiger partial charge in [-0.05, 0) is 19.4 Å². The van der Waals surface area contributed by atoms with Gasteiger partial charge in [0.1, 0.15) is 0 Å². The van der Waals surface area contributed by atoms with E-state index in [4.69, 9.17) is 10.00 Å². The van der Waals surface area contributed by atoms with Crippen LogP contribution in [0.1, 0.15) is 12.8 Å². The SMILES string of the molecule is N#CC1(C2COC2)CCCNC1. The molecule has 1 N–H and O–H groups in total. The molecular weight excluding hydrogens is 152 g/mol. The molecule has 3 heteroatoms. The second kappa shape index (κ2) is 3.04. The number of hydrogen-bond donors (Lipinski definition) is 1. The number of nitrogens with zero attached hydrogens (tertiary/aromatic N) is 1. The van der Waals surface area contributed by atoms with Crippen molar-refractivity contribution in [2.75, 3.05) is 26.3 Å². The lowest BCUT2D eigenvalue weighted by molar-refractivity contribution is -0.0866. The van der Waals surface area contributed by atoms with Gasteiger partial charge >= 0.3 is 0 Å². The van der Waals surface area contributed by atoms with Crippen LogP contribution in [0.3, 0.4) is 0 Å². The summed E-state index contributed by atoms with van der Waals surface area (Å²) in [5.74, 6) is 0.482. The first-order valence-corrected chi connectivity index (χ1v) is 4.57. The number of ether oxygens (including phenoxy) is 1. The Morgan fingerprint density at radius 3 is 2.75 bits per heavy atom. The van der Waals surface area contributed by atoms with Crippen LogP contribution in [0.15, 0.2) is 0 Å². The van der Waals surface area contributed by atoms with Crippen LogP contribution in [0.25, 0.3) is 0 Å². The third-order valence-corrected chi connectivity index (χ3v) is 3.06. The number of rotatable bonds is 1. The van der Waals surface area contributed by atoms with E-state index in [9.17, 15) is 0 Å². The molecule has 2 aliphatic heterocycles. The number of nitrogens with one attached hydrogen (secondary N) is 1. The third-order valence-electron chi connectivity index (χ3n) is 3.06. The molecule has 1 atom stereocenters. The molecule has 0 amide bonds. The van der Waals surface area contributed by atoms with Crippen molar-refractivity contribution in [3.05, 3.63) is 0 Å². The van der Waals surface area contributed by atoms with Gasteiger partial charge in [-0.2, -0.15) is 5.26 Å². The number of hydrogen-bond acceptors (Lipinski definition) is 3. The van der Waals surface area contributed by atoms with E-state index in [0.29, 0.717) is 5.92 Å². The Bertz CT molecular complexity index is 199. The Morgan fingerprint density at radius 2 is 2.33 bits per heavy atom. The maximum atomic E-state index is 9.13. The lowest BCUT2D eigenvalue weighted by Gasteiger charge is -2.42. The molecule has 2 rings (SSSR count). The van der Waals surface area contributed by atoms with Crippen LogP contribution < -0.4 is 5.32 Å². The van der Waals surface area contributed by atoms with E-state index < -0.39 is 0 Å². The molecule has 0 aliphatic carbocycles. The van der Waals surface area contributed by atoms with Crippen molar-refractivity contribution < 1.29 is 4.74 Å². The standard InChI is InChI=1S/C9H14N2O/c10-6-9(8-4-12-5-8)2-1-3-11-7-9/h8,11H,1-5,7H2. The van der Waals surface area contributed by atoms with Crippen molar-refractivity contribution in [1.82, 2.24) is 5.32 Å². The first-order chi connectivity index (χ1) is 5.87. The highest BCUT2D eigenvalue weighted by Crippen LogP contribution is 2.38. The van der Waals surface area contributed by atoms with Crippen molar-refractivity contribution in [2.45, 2.75) is 12.8 Å². The maximum Gasteiger partial charge on any atom is 0.0770 e. The number of piperidine rings is 1. The van der Waals surface area contributed by atoms with E-state index in [1.54, 1.807) is 0 Å². The lowest BCUT2D eigenvalue weighted by atomic mass is 9.70. The van der Waals surface area contributed by atoms with E-state index in [1.807, 2.05) is 0 Å². The summed E-state index contributed by atoms with van der Waals surface area (Å²) in [4.78, 5) is 0. The summed E-state index contributed by atoms with van der Waals surface area (Å²) in [5, 5.41) is 12.4. The van der Waals surface area contributed by atoms with Gasteiger partial charge in [-0.1, -0.05) is 0 Å². The van der Waals surface area contributed by atoms with E-state index in [0.717, 1.165) is 39.1 Å². The molecule has 2 saturated heterocycles. The minimum atomic E-state index is -0.115. The molecule has 0 aromatic heterocycles. The average molecular weight is 166 g/mol. The van der Waals surface area contributed by atoms with Crippen LogP contribution in [-0.2, 0) is 4.74 Å². The fourth-order valence-electron chi connectivity index (χ4n) is 2.02. The summed E-state index contributed by atoms with van der Waals surface area (Å²) in [6, 6.07) is 2.48. The third kappa shape index (κ3) is 1.12. The Balaban J connectivity index is 2.06. The Labute approximate surface area is 72.7 Å². The van der Waals surface area contributed by atoms with Crippen molar-refractivity contribution in [1.29, 1.82) is 5.26 Å². The van der Waals surface area contributed by atoms with Crippen LogP contribution in [0.2, 0.25) is 0 Å². The molecule has 2 aliphatic rings. The van der Waals surface area contributed by atoms with E-state index in [-0.39, 0.29) is 5.41 Å². The Kier molecular flexibility index (Phi) is 2.03. The summed E-state index contributed by atoms with van der Waals surface area (Å²) in [6.07, 6.45) is 2.18. The zero-order valence-electron chi connectivity index (χ0n) is 7.18. The van der Waals surface area contributed by atoms with Crippen LogP contribution >= 0.6 is 0 Å².